The highest BCUT2D eigenvalue weighted by Gasteiger charge is 2.08. The van der Waals surface area contributed by atoms with Crippen LogP contribution in [0.5, 0.6) is 0 Å². The van der Waals surface area contributed by atoms with Crippen LogP contribution in [-0.4, -0.2) is 0 Å². The normalized spacial score (nSPS) is 12.2. The molecule has 0 aliphatic carbocycles. The second-order valence-electron chi connectivity index (χ2n) is 12.1. The van der Waals surface area contributed by atoms with Gasteiger partial charge < -0.3 is 0 Å². The van der Waals surface area contributed by atoms with Gasteiger partial charge in [0.05, 0.1) is 0 Å². The zero-order chi connectivity index (χ0) is 26.4. The molecule has 1 atom stereocenters. The second kappa shape index (κ2) is 30.7. The van der Waals surface area contributed by atoms with E-state index in [1.54, 1.807) is 0 Å². The third-order valence-electron chi connectivity index (χ3n) is 8.20. The molecule has 0 amide bonds. The molecule has 0 saturated carbocycles. The van der Waals surface area contributed by atoms with Gasteiger partial charge in [0.1, 0.15) is 0 Å². The Balaban J connectivity index is 3.68. The van der Waals surface area contributed by atoms with Crippen LogP contribution in [0.15, 0.2) is 24.8 Å². The summed E-state index contributed by atoms with van der Waals surface area (Å²) >= 11 is 0. The summed E-state index contributed by atoms with van der Waals surface area (Å²) < 4.78 is 0. The minimum absolute atomic E-state index is 1.01. The Kier molecular flexibility index (Phi) is 30.3. The molecule has 0 rings (SSSR count). The summed E-state index contributed by atoms with van der Waals surface area (Å²) in [5.74, 6) is 1.01. The van der Waals surface area contributed by atoms with Crippen molar-refractivity contribution in [3.05, 3.63) is 24.8 Å². The molecule has 0 aromatic carbocycles. The largest absolute Gasteiger partial charge is 0.103 e. The lowest BCUT2D eigenvalue weighted by molar-refractivity contribution is 0.366. The van der Waals surface area contributed by atoms with Crippen molar-refractivity contribution in [2.75, 3.05) is 0 Å². The minimum atomic E-state index is 1.01. The average Bonchev–Trinajstić information content (AvgIpc) is 2.87. The van der Waals surface area contributed by atoms with Crippen molar-refractivity contribution in [1.29, 1.82) is 0 Å². The first-order chi connectivity index (χ1) is 17.7. The van der Waals surface area contributed by atoms with Crippen LogP contribution < -0.4 is 0 Å². The fourth-order valence-corrected chi connectivity index (χ4v) is 5.70. The van der Waals surface area contributed by atoms with E-state index in [-0.39, 0.29) is 0 Å². The van der Waals surface area contributed by atoms with Crippen LogP contribution in [-0.2, 0) is 0 Å². The topological polar surface area (TPSA) is 0 Å². The van der Waals surface area contributed by atoms with Crippen LogP contribution in [0.4, 0.5) is 0 Å². The first-order valence-corrected chi connectivity index (χ1v) is 17.0. The molecule has 0 aromatic heterocycles. The highest BCUT2D eigenvalue weighted by molar-refractivity contribution is 4.86. The molecule has 36 heavy (non-hydrogen) atoms. The number of hydrogen-bond donors (Lipinski definition) is 0. The zero-order valence-corrected chi connectivity index (χ0v) is 25.6. The Morgan fingerprint density at radius 1 is 0.500 bits per heavy atom. The SMILES string of the molecule is C=CCCCCCCC(CCCCCCCCC)CCCCCCCCCCCCCCCC(=C)C. The Bertz CT molecular complexity index is 433. The molecule has 0 N–H and O–H groups in total. The molecular formula is C36H70. The predicted octanol–water partition coefficient (Wildman–Crippen LogP) is 13.7. The summed E-state index contributed by atoms with van der Waals surface area (Å²) in [6.07, 6.45) is 43.8. The quantitative estimate of drug-likeness (QED) is 0.0653. The molecule has 0 aromatic rings. The van der Waals surface area contributed by atoms with Gasteiger partial charge in [0.15, 0.2) is 0 Å². The van der Waals surface area contributed by atoms with Crippen LogP contribution in [0.1, 0.15) is 200 Å². The zero-order valence-electron chi connectivity index (χ0n) is 25.6. The second-order valence-corrected chi connectivity index (χ2v) is 12.1. The van der Waals surface area contributed by atoms with Crippen LogP contribution in [0.3, 0.4) is 0 Å². The first-order valence-electron chi connectivity index (χ1n) is 17.0. The van der Waals surface area contributed by atoms with Crippen molar-refractivity contribution in [1.82, 2.24) is 0 Å². The van der Waals surface area contributed by atoms with Gasteiger partial charge in [0.25, 0.3) is 0 Å². The molecule has 0 fully saturated rings. The van der Waals surface area contributed by atoms with Crippen LogP contribution in [0.25, 0.3) is 0 Å². The van der Waals surface area contributed by atoms with Gasteiger partial charge in [-0.25, -0.2) is 0 Å². The van der Waals surface area contributed by atoms with Gasteiger partial charge in [-0.3, -0.25) is 0 Å². The summed E-state index contributed by atoms with van der Waals surface area (Å²) in [7, 11) is 0. The van der Waals surface area contributed by atoms with E-state index < -0.39 is 0 Å². The van der Waals surface area contributed by atoms with Crippen molar-refractivity contribution in [3.63, 3.8) is 0 Å². The Morgan fingerprint density at radius 3 is 1.19 bits per heavy atom. The summed E-state index contributed by atoms with van der Waals surface area (Å²) in [6, 6.07) is 0. The molecule has 0 radical (unpaired) electrons. The number of allylic oxidation sites excluding steroid dienone is 2. The Morgan fingerprint density at radius 2 is 0.833 bits per heavy atom. The van der Waals surface area contributed by atoms with E-state index in [0.29, 0.717) is 0 Å². The van der Waals surface area contributed by atoms with Crippen LogP contribution in [0.2, 0.25) is 0 Å². The van der Waals surface area contributed by atoms with Gasteiger partial charge in [-0.1, -0.05) is 179 Å². The van der Waals surface area contributed by atoms with E-state index in [1.165, 1.54) is 192 Å². The average molecular weight is 503 g/mol. The van der Waals surface area contributed by atoms with Crippen molar-refractivity contribution in [3.8, 4) is 0 Å². The summed E-state index contributed by atoms with van der Waals surface area (Å²) in [4.78, 5) is 0. The molecule has 0 aliphatic heterocycles. The van der Waals surface area contributed by atoms with E-state index in [2.05, 4.69) is 33.1 Å². The Labute approximate surface area is 230 Å². The van der Waals surface area contributed by atoms with E-state index in [1.807, 2.05) is 0 Å². The standard InChI is InChI=1S/C36H70/c1-5-7-9-11-20-25-29-33-36(32-28-24-12-10-8-6-2)34-30-26-22-19-17-15-13-14-16-18-21-23-27-31-35(3)4/h6,36H,2-3,5,7-34H2,1,4H3. The van der Waals surface area contributed by atoms with Gasteiger partial charge in [-0.15, -0.1) is 13.2 Å². The summed E-state index contributed by atoms with van der Waals surface area (Å²) in [5, 5.41) is 0. The highest BCUT2D eigenvalue weighted by Crippen LogP contribution is 2.25. The monoisotopic (exact) mass is 503 g/mol. The van der Waals surface area contributed by atoms with E-state index in [0.717, 1.165) is 5.92 Å². The summed E-state index contributed by atoms with van der Waals surface area (Å²) in [6.45, 7) is 12.3. The molecule has 0 heteroatoms. The maximum absolute atomic E-state index is 4.00. The number of unbranched alkanes of at least 4 members (excludes halogenated alkanes) is 22. The molecule has 0 nitrogen and oxygen atoms in total. The third-order valence-corrected chi connectivity index (χ3v) is 8.20. The minimum Gasteiger partial charge on any atom is -0.103 e. The van der Waals surface area contributed by atoms with E-state index >= 15 is 0 Å². The van der Waals surface area contributed by atoms with Gasteiger partial charge in [-0.05, 0) is 38.5 Å². The van der Waals surface area contributed by atoms with Gasteiger partial charge >= 0.3 is 0 Å². The molecule has 1 unspecified atom stereocenters. The molecule has 0 spiro atoms. The van der Waals surface area contributed by atoms with E-state index in [4.69, 9.17) is 0 Å². The highest BCUT2D eigenvalue weighted by atomic mass is 14.1. The number of rotatable bonds is 31. The third kappa shape index (κ3) is 29.7. The fraction of sp³-hybridized carbons (Fsp3) is 0.889. The molecule has 0 saturated heterocycles. The molecule has 0 aliphatic rings. The molecule has 0 heterocycles. The molecular weight excluding hydrogens is 432 g/mol. The van der Waals surface area contributed by atoms with Crippen molar-refractivity contribution < 1.29 is 0 Å². The number of hydrogen-bond acceptors (Lipinski definition) is 0. The maximum atomic E-state index is 4.00. The molecule has 214 valence electrons. The van der Waals surface area contributed by atoms with Crippen LogP contribution in [0, 0.1) is 5.92 Å². The van der Waals surface area contributed by atoms with Gasteiger partial charge in [-0.2, -0.15) is 0 Å². The van der Waals surface area contributed by atoms with Gasteiger partial charge in [0, 0.05) is 0 Å². The fourth-order valence-electron chi connectivity index (χ4n) is 5.70. The lowest BCUT2D eigenvalue weighted by Crippen LogP contribution is -2.01. The lowest BCUT2D eigenvalue weighted by atomic mass is 9.89. The molecule has 0 bridgehead atoms. The van der Waals surface area contributed by atoms with E-state index in [9.17, 15) is 0 Å². The van der Waals surface area contributed by atoms with Crippen molar-refractivity contribution in [2.24, 2.45) is 5.92 Å². The van der Waals surface area contributed by atoms with Gasteiger partial charge in [0.2, 0.25) is 0 Å². The van der Waals surface area contributed by atoms with Crippen molar-refractivity contribution in [2.45, 2.75) is 200 Å². The maximum Gasteiger partial charge on any atom is -0.0326 e. The smallest absolute Gasteiger partial charge is 0.0326 e. The first kappa shape index (κ1) is 35.5. The predicted molar refractivity (Wildman–Crippen MR) is 168 cm³/mol. The Hall–Kier alpha value is -0.520. The van der Waals surface area contributed by atoms with Crippen molar-refractivity contribution >= 4 is 0 Å². The lowest BCUT2D eigenvalue weighted by Gasteiger charge is -2.17. The van der Waals surface area contributed by atoms with Crippen LogP contribution >= 0.6 is 0 Å². The summed E-state index contributed by atoms with van der Waals surface area (Å²) in [5.41, 5.74) is 1.35.